The van der Waals surface area contributed by atoms with Crippen molar-refractivity contribution in [1.82, 2.24) is 9.80 Å². The van der Waals surface area contributed by atoms with E-state index in [4.69, 9.17) is 4.74 Å². The molecule has 0 spiro atoms. The molecule has 1 unspecified atom stereocenters. The number of amides is 1. The molecule has 28 heavy (non-hydrogen) atoms. The number of carbonyl (C=O) groups is 1. The minimum atomic E-state index is -0.620. The zero-order valence-electron chi connectivity index (χ0n) is 17.2. The Morgan fingerprint density at radius 1 is 1.25 bits per heavy atom. The third-order valence-electron chi connectivity index (χ3n) is 5.76. The Balaban J connectivity index is 1.63. The van der Waals surface area contributed by atoms with E-state index in [2.05, 4.69) is 32.3 Å². The monoisotopic (exact) mass is 472 g/mol. The first-order valence-electron chi connectivity index (χ1n) is 10.3. The van der Waals surface area contributed by atoms with Gasteiger partial charge in [0.15, 0.2) is 0 Å². The van der Waals surface area contributed by atoms with E-state index in [1.807, 2.05) is 20.8 Å². The molecule has 2 fully saturated rings. The molecular formula is C21H33BrN2O3S. The predicted octanol–water partition coefficient (Wildman–Crippen LogP) is 4.84. The molecule has 1 aromatic heterocycles. The fourth-order valence-corrected chi connectivity index (χ4v) is 5.89. The SMILES string of the molecule is CC(C)(C)OC(=O)N1CCN(CC(c2cc(Br)cs2)C2(O)CCCCC2)CC1. The molecule has 1 atom stereocenters. The van der Waals surface area contributed by atoms with Gasteiger partial charge in [-0.3, -0.25) is 4.90 Å². The van der Waals surface area contributed by atoms with E-state index in [9.17, 15) is 9.90 Å². The number of aliphatic hydroxyl groups is 1. The van der Waals surface area contributed by atoms with Gasteiger partial charge in [-0.2, -0.15) is 0 Å². The topological polar surface area (TPSA) is 53.0 Å². The lowest BCUT2D eigenvalue weighted by molar-refractivity contribution is -0.0347. The first kappa shape index (κ1) is 22.1. The zero-order chi connectivity index (χ0) is 20.4. The minimum absolute atomic E-state index is 0.122. The van der Waals surface area contributed by atoms with E-state index in [0.29, 0.717) is 13.1 Å². The van der Waals surface area contributed by atoms with Gasteiger partial charge in [-0.25, -0.2) is 4.79 Å². The van der Waals surface area contributed by atoms with Crippen molar-refractivity contribution < 1.29 is 14.6 Å². The van der Waals surface area contributed by atoms with Gasteiger partial charge >= 0.3 is 6.09 Å². The summed E-state index contributed by atoms with van der Waals surface area (Å²) in [6.07, 6.45) is 4.96. The van der Waals surface area contributed by atoms with Crippen LogP contribution in [0.3, 0.4) is 0 Å². The van der Waals surface area contributed by atoms with Crippen LogP contribution in [0.5, 0.6) is 0 Å². The first-order chi connectivity index (χ1) is 13.2. The van der Waals surface area contributed by atoms with Gasteiger partial charge in [-0.05, 0) is 55.6 Å². The highest BCUT2D eigenvalue weighted by molar-refractivity contribution is 9.10. The Morgan fingerprint density at radius 2 is 1.89 bits per heavy atom. The number of ether oxygens (including phenoxy) is 1. The second-order valence-electron chi connectivity index (χ2n) is 9.15. The average Bonchev–Trinajstić information content (AvgIpc) is 3.05. The van der Waals surface area contributed by atoms with E-state index in [-0.39, 0.29) is 12.0 Å². The van der Waals surface area contributed by atoms with Crippen LogP contribution in [0.15, 0.2) is 15.9 Å². The summed E-state index contributed by atoms with van der Waals surface area (Å²) in [6, 6.07) is 2.17. The second-order valence-corrected chi connectivity index (χ2v) is 11.0. The van der Waals surface area contributed by atoms with Gasteiger partial charge in [0, 0.05) is 53.4 Å². The highest BCUT2D eigenvalue weighted by Crippen LogP contribution is 2.43. The third kappa shape index (κ3) is 5.71. The van der Waals surface area contributed by atoms with Crippen LogP contribution in [0.4, 0.5) is 4.79 Å². The Labute approximate surface area is 181 Å². The molecule has 3 rings (SSSR count). The standard InChI is InChI=1S/C21H33BrN2O3S/c1-20(2,3)27-19(25)24-11-9-23(10-12-24)14-17(18-13-16(22)15-28-18)21(26)7-5-4-6-8-21/h13,15,17,26H,4-12,14H2,1-3H3. The molecule has 2 aliphatic rings. The van der Waals surface area contributed by atoms with Crippen LogP contribution in [0.25, 0.3) is 0 Å². The van der Waals surface area contributed by atoms with Gasteiger partial charge in [-0.1, -0.05) is 19.3 Å². The van der Waals surface area contributed by atoms with Gasteiger partial charge in [0.1, 0.15) is 5.60 Å². The summed E-state index contributed by atoms with van der Waals surface area (Å²) in [6.45, 7) is 9.52. The minimum Gasteiger partial charge on any atom is -0.444 e. The Morgan fingerprint density at radius 3 is 2.43 bits per heavy atom. The largest absolute Gasteiger partial charge is 0.444 e. The van der Waals surface area contributed by atoms with Crippen molar-refractivity contribution in [3.8, 4) is 0 Å². The van der Waals surface area contributed by atoms with Gasteiger partial charge in [0.25, 0.3) is 0 Å². The van der Waals surface area contributed by atoms with Crippen molar-refractivity contribution in [3.05, 3.63) is 20.8 Å². The molecule has 0 radical (unpaired) electrons. The second kappa shape index (κ2) is 9.02. The van der Waals surface area contributed by atoms with Crippen LogP contribution in [-0.2, 0) is 4.74 Å². The molecule has 1 saturated carbocycles. The highest BCUT2D eigenvalue weighted by atomic mass is 79.9. The molecule has 7 heteroatoms. The van der Waals surface area contributed by atoms with E-state index >= 15 is 0 Å². The summed E-state index contributed by atoms with van der Waals surface area (Å²) in [5.74, 6) is 0.122. The summed E-state index contributed by atoms with van der Waals surface area (Å²) in [5, 5.41) is 13.6. The molecule has 2 heterocycles. The van der Waals surface area contributed by atoms with Crippen molar-refractivity contribution >= 4 is 33.4 Å². The molecule has 1 aliphatic heterocycles. The molecule has 1 amide bonds. The van der Waals surface area contributed by atoms with Gasteiger partial charge in [-0.15, -0.1) is 11.3 Å². The predicted molar refractivity (Wildman–Crippen MR) is 117 cm³/mol. The van der Waals surface area contributed by atoms with Crippen LogP contribution in [0.2, 0.25) is 0 Å². The third-order valence-corrected chi connectivity index (χ3v) is 7.57. The number of carbonyl (C=O) groups excluding carboxylic acids is 1. The van der Waals surface area contributed by atoms with E-state index in [1.54, 1.807) is 16.2 Å². The maximum atomic E-state index is 12.3. The quantitative estimate of drug-likeness (QED) is 0.680. The average molecular weight is 473 g/mol. The van der Waals surface area contributed by atoms with Gasteiger partial charge in [0.2, 0.25) is 0 Å². The van der Waals surface area contributed by atoms with Crippen LogP contribution < -0.4 is 0 Å². The van der Waals surface area contributed by atoms with Crippen molar-refractivity contribution in [2.75, 3.05) is 32.7 Å². The molecule has 1 aliphatic carbocycles. The smallest absolute Gasteiger partial charge is 0.410 e. The van der Waals surface area contributed by atoms with Crippen LogP contribution in [0, 0.1) is 0 Å². The van der Waals surface area contributed by atoms with Crippen molar-refractivity contribution in [2.45, 2.75) is 70.0 Å². The Hall–Kier alpha value is -0.630. The molecule has 1 saturated heterocycles. The van der Waals surface area contributed by atoms with Crippen LogP contribution in [-0.4, -0.2) is 64.9 Å². The lowest BCUT2D eigenvalue weighted by atomic mass is 9.74. The van der Waals surface area contributed by atoms with E-state index in [1.165, 1.54) is 11.3 Å². The summed E-state index contributed by atoms with van der Waals surface area (Å²) in [4.78, 5) is 17.8. The normalized spacial score (nSPS) is 22.1. The number of nitrogens with zero attached hydrogens (tertiary/aromatic N) is 2. The summed E-state index contributed by atoms with van der Waals surface area (Å²) < 4.78 is 6.59. The number of thiophene rings is 1. The summed E-state index contributed by atoms with van der Waals surface area (Å²) in [5.41, 5.74) is -1.08. The summed E-state index contributed by atoms with van der Waals surface area (Å²) in [7, 11) is 0. The molecule has 0 aromatic carbocycles. The number of hydrogen-bond acceptors (Lipinski definition) is 5. The Kier molecular flexibility index (Phi) is 7.11. The summed E-state index contributed by atoms with van der Waals surface area (Å²) >= 11 is 5.30. The van der Waals surface area contributed by atoms with Gasteiger partial charge < -0.3 is 14.7 Å². The highest BCUT2D eigenvalue weighted by Gasteiger charge is 2.40. The fourth-order valence-electron chi connectivity index (χ4n) is 4.25. The maximum absolute atomic E-state index is 12.3. The number of rotatable bonds is 4. The van der Waals surface area contributed by atoms with Crippen LogP contribution >= 0.6 is 27.3 Å². The zero-order valence-corrected chi connectivity index (χ0v) is 19.6. The fraction of sp³-hybridized carbons (Fsp3) is 0.762. The molecule has 1 N–H and O–H groups in total. The van der Waals surface area contributed by atoms with E-state index < -0.39 is 11.2 Å². The first-order valence-corrected chi connectivity index (χ1v) is 12.0. The van der Waals surface area contributed by atoms with Gasteiger partial charge in [0.05, 0.1) is 5.60 Å². The van der Waals surface area contributed by atoms with Crippen LogP contribution in [0.1, 0.15) is 63.7 Å². The van der Waals surface area contributed by atoms with Crippen molar-refractivity contribution in [3.63, 3.8) is 0 Å². The van der Waals surface area contributed by atoms with Crippen molar-refractivity contribution in [1.29, 1.82) is 0 Å². The molecule has 5 nitrogen and oxygen atoms in total. The number of hydrogen-bond donors (Lipinski definition) is 1. The van der Waals surface area contributed by atoms with E-state index in [0.717, 1.165) is 49.8 Å². The maximum Gasteiger partial charge on any atom is 0.410 e. The lowest BCUT2D eigenvalue weighted by Crippen LogP contribution is -2.52. The van der Waals surface area contributed by atoms with Crippen molar-refractivity contribution in [2.24, 2.45) is 0 Å². The lowest BCUT2D eigenvalue weighted by Gasteiger charge is -2.43. The number of piperazine rings is 1. The molecule has 1 aromatic rings. The molecular weight excluding hydrogens is 440 g/mol. The number of halogens is 1. The Bertz CT molecular complexity index is 659. The molecule has 0 bridgehead atoms. The molecule has 158 valence electrons.